The molecule has 5 heteroatoms. The molecule has 0 spiro atoms. The number of nitrogens with zero attached hydrogens (tertiary/aromatic N) is 2. The van der Waals surface area contributed by atoms with Crippen molar-refractivity contribution in [2.45, 2.75) is 25.4 Å². The Balaban J connectivity index is 2.11. The van der Waals surface area contributed by atoms with Crippen LogP contribution in [0.25, 0.3) is 0 Å². The SMILES string of the molecule is N#Cc1ccc(CN(CC(=O)O)C2CC2)c(F)c1. The van der Waals surface area contributed by atoms with Crippen LogP contribution < -0.4 is 0 Å². The Labute approximate surface area is 104 Å². The molecule has 0 unspecified atom stereocenters. The maximum absolute atomic E-state index is 13.7. The second-order valence-electron chi connectivity index (χ2n) is 4.45. The molecule has 0 atom stereocenters. The van der Waals surface area contributed by atoms with Crippen molar-refractivity contribution < 1.29 is 14.3 Å². The largest absolute Gasteiger partial charge is 0.480 e. The Kier molecular flexibility index (Phi) is 3.58. The van der Waals surface area contributed by atoms with Gasteiger partial charge in [0.05, 0.1) is 18.2 Å². The number of benzene rings is 1. The van der Waals surface area contributed by atoms with Crippen molar-refractivity contribution in [1.82, 2.24) is 4.90 Å². The molecule has 1 N–H and O–H groups in total. The second kappa shape index (κ2) is 5.15. The lowest BCUT2D eigenvalue weighted by Crippen LogP contribution is -2.31. The van der Waals surface area contributed by atoms with Crippen LogP contribution in [-0.2, 0) is 11.3 Å². The maximum Gasteiger partial charge on any atom is 0.317 e. The summed E-state index contributed by atoms with van der Waals surface area (Å²) in [7, 11) is 0. The van der Waals surface area contributed by atoms with E-state index >= 15 is 0 Å². The Morgan fingerprint density at radius 3 is 2.78 bits per heavy atom. The molecule has 0 aromatic heterocycles. The van der Waals surface area contributed by atoms with Crippen LogP contribution in [0.15, 0.2) is 18.2 Å². The van der Waals surface area contributed by atoms with E-state index in [0.717, 1.165) is 12.8 Å². The Morgan fingerprint density at radius 2 is 2.28 bits per heavy atom. The summed E-state index contributed by atoms with van der Waals surface area (Å²) in [5.74, 6) is -1.36. The number of nitriles is 1. The van der Waals surface area contributed by atoms with E-state index in [1.54, 1.807) is 17.0 Å². The minimum atomic E-state index is -0.907. The van der Waals surface area contributed by atoms with E-state index in [1.165, 1.54) is 6.07 Å². The van der Waals surface area contributed by atoms with E-state index in [9.17, 15) is 9.18 Å². The number of halogens is 1. The van der Waals surface area contributed by atoms with Crippen molar-refractivity contribution in [3.63, 3.8) is 0 Å². The first-order valence-corrected chi connectivity index (χ1v) is 5.74. The lowest BCUT2D eigenvalue weighted by Gasteiger charge is -2.19. The highest BCUT2D eigenvalue weighted by atomic mass is 19.1. The summed E-state index contributed by atoms with van der Waals surface area (Å²) in [6.45, 7) is 0.193. The van der Waals surface area contributed by atoms with Crippen LogP contribution in [0, 0.1) is 17.1 Å². The van der Waals surface area contributed by atoms with Gasteiger partial charge in [0.1, 0.15) is 5.82 Å². The summed E-state index contributed by atoms with van der Waals surface area (Å²) in [6.07, 6.45) is 1.93. The summed E-state index contributed by atoms with van der Waals surface area (Å²) in [4.78, 5) is 12.5. The van der Waals surface area contributed by atoms with E-state index in [-0.39, 0.29) is 24.7 Å². The van der Waals surface area contributed by atoms with Crippen molar-refractivity contribution in [1.29, 1.82) is 5.26 Å². The maximum atomic E-state index is 13.7. The zero-order valence-corrected chi connectivity index (χ0v) is 9.77. The fourth-order valence-corrected chi connectivity index (χ4v) is 1.89. The van der Waals surface area contributed by atoms with Gasteiger partial charge in [0.15, 0.2) is 0 Å². The summed E-state index contributed by atoms with van der Waals surface area (Å²) < 4.78 is 13.7. The van der Waals surface area contributed by atoms with Gasteiger partial charge in [-0.15, -0.1) is 0 Å². The van der Waals surface area contributed by atoms with Gasteiger partial charge in [0.25, 0.3) is 0 Å². The first-order valence-electron chi connectivity index (χ1n) is 5.74. The number of aliphatic carboxylic acids is 1. The van der Waals surface area contributed by atoms with Crippen LogP contribution in [0.3, 0.4) is 0 Å². The molecule has 18 heavy (non-hydrogen) atoms. The first kappa shape index (κ1) is 12.5. The van der Waals surface area contributed by atoms with Gasteiger partial charge in [-0.3, -0.25) is 9.69 Å². The van der Waals surface area contributed by atoms with Gasteiger partial charge in [0, 0.05) is 18.2 Å². The predicted octanol–water partition coefficient (Wildman–Crippen LogP) is 1.75. The molecule has 0 bridgehead atoms. The molecule has 0 radical (unpaired) electrons. The molecule has 0 saturated heterocycles. The summed E-state index contributed by atoms with van der Waals surface area (Å²) in [6, 6.07) is 6.39. The zero-order chi connectivity index (χ0) is 13.1. The van der Waals surface area contributed by atoms with Crippen LogP contribution in [0.1, 0.15) is 24.0 Å². The summed E-state index contributed by atoms with van der Waals surface area (Å²) in [5.41, 5.74) is 0.703. The molecule has 4 nitrogen and oxygen atoms in total. The van der Waals surface area contributed by atoms with E-state index in [2.05, 4.69) is 0 Å². The smallest absolute Gasteiger partial charge is 0.317 e. The van der Waals surface area contributed by atoms with Crippen molar-refractivity contribution in [3.05, 3.63) is 35.1 Å². The molecule has 1 aliphatic carbocycles. The monoisotopic (exact) mass is 248 g/mol. The number of carbonyl (C=O) groups is 1. The average molecular weight is 248 g/mol. The Hall–Kier alpha value is -1.93. The molecule has 2 rings (SSSR count). The van der Waals surface area contributed by atoms with E-state index in [0.29, 0.717) is 5.56 Å². The van der Waals surface area contributed by atoms with Gasteiger partial charge in [-0.05, 0) is 25.0 Å². The van der Waals surface area contributed by atoms with Gasteiger partial charge in [-0.25, -0.2) is 4.39 Å². The van der Waals surface area contributed by atoms with Crippen molar-refractivity contribution >= 4 is 5.97 Å². The minimum absolute atomic E-state index is 0.0793. The molecular formula is C13H13FN2O2. The fraction of sp³-hybridized carbons (Fsp3) is 0.385. The van der Waals surface area contributed by atoms with E-state index in [4.69, 9.17) is 10.4 Å². The zero-order valence-electron chi connectivity index (χ0n) is 9.77. The third kappa shape index (κ3) is 3.05. The van der Waals surface area contributed by atoms with Gasteiger partial charge in [-0.2, -0.15) is 5.26 Å². The first-order chi connectivity index (χ1) is 8.60. The number of hydrogen-bond acceptors (Lipinski definition) is 3. The van der Waals surface area contributed by atoms with Gasteiger partial charge in [0.2, 0.25) is 0 Å². The fourth-order valence-electron chi connectivity index (χ4n) is 1.89. The van der Waals surface area contributed by atoms with Crippen molar-refractivity contribution in [2.75, 3.05) is 6.54 Å². The average Bonchev–Trinajstić information content (AvgIpc) is 3.14. The lowest BCUT2D eigenvalue weighted by molar-refractivity contribution is -0.138. The third-order valence-corrected chi connectivity index (χ3v) is 2.96. The molecule has 1 aromatic rings. The lowest BCUT2D eigenvalue weighted by atomic mass is 10.1. The van der Waals surface area contributed by atoms with Crippen molar-refractivity contribution in [2.24, 2.45) is 0 Å². The quantitative estimate of drug-likeness (QED) is 0.862. The van der Waals surface area contributed by atoms with Crippen molar-refractivity contribution in [3.8, 4) is 6.07 Å². The number of rotatable bonds is 5. The van der Waals surface area contributed by atoms with Crippen LogP contribution in [0.5, 0.6) is 0 Å². The molecule has 1 aromatic carbocycles. The van der Waals surface area contributed by atoms with E-state index < -0.39 is 11.8 Å². The standard InChI is InChI=1S/C13H13FN2O2/c14-12-5-9(6-15)1-2-10(12)7-16(8-13(17)18)11-3-4-11/h1-2,5,11H,3-4,7-8H2,(H,17,18). The summed E-state index contributed by atoms with van der Waals surface area (Å²) in [5, 5.41) is 17.5. The highest BCUT2D eigenvalue weighted by Crippen LogP contribution is 2.28. The summed E-state index contributed by atoms with van der Waals surface area (Å²) >= 11 is 0. The molecule has 1 saturated carbocycles. The predicted molar refractivity (Wildman–Crippen MR) is 62.2 cm³/mol. The molecule has 0 aliphatic heterocycles. The number of carboxylic acid groups (broad SMARTS) is 1. The van der Waals surface area contributed by atoms with Crippen LogP contribution in [-0.4, -0.2) is 28.6 Å². The highest BCUT2D eigenvalue weighted by Gasteiger charge is 2.30. The Bertz CT molecular complexity index is 506. The molecule has 94 valence electrons. The molecule has 0 heterocycles. The normalized spacial score (nSPS) is 14.5. The molecule has 1 aliphatic rings. The molecule has 0 amide bonds. The minimum Gasteiger partial charge on any atom is -0.480 e. The van der Waals surface area contributed by atoms with Gasteiger partial charge in [-0.1, -0.05) is 6.07 Å². The topological polar surface area (TPSA) is 64.3 Å². The third-order valence-electron chi connectivity index (χ3n) is 2.96. The van der Waals surface area contributed by atoms with Gasteiger partial charge >= 0.3 is 5.97 Å². The van der Waals surface area contributed by atoms with Gasteiger partial charge < -0.3 is 5.11 Å². The Morgan fingerprint density at radius 1 is 1.56 bits per heavy atom. The number of hydrogen-bond donors (Lipinski definition) is 1. The van der Waals surface area contributed by atoms with Crippen LogP contribution >= 0.6 is 0 Å². The highest BCUT2D eigenvalue weighted by molar-refractivity contribution is 5.69. The second-order valence-corrected chi connectivity index (χ2v) is 4.45. The van der Waals surface area contributed by atoms with Crippen LogP contribution in [0.2, 0.25) is 0 Å². The molecule has 1 fully saturated rings. The number of carboxylic acids is 1. The van der Waals surface area contributed by atoms with E-state index in [1.807, 2.05) is 6.07 Å². The molecular weight excluding hydrogens is 235 g/mol. The van der Waals surface area contributed by atoms with Crippen LogP contribution in [0.4, 0.5) is 4.39 Å².